The van der Waals surface area contributed by atoms with E-state index >= 15 is 0 Å². The molecule has 0 N–H and O–H groups in total. The summed E-state index contributed by atoms with van der Waals surface area (Å²) in [5, 5.41) is 0. The van der Waals surface area contributed by atoms with Gasteiger partial charge >= 0.3 is 0 Å². The summed E-state index contributed by atoms with van der Waals surface area (Å²) >= 11 is 0. The van der Waals surface area contributed by atoms with Crippen molar-refractivity contribution in [3.8, 4) is 11.5 Å². The quantitative estimate of drug-likeness (QED) is 0.541. The van der Waals surface area contributed by atoms with Gasteiger partial charge in [-0.1, -0.05) is 42.5 Å². The van der Waals surface area contributed by atoms with Crippen LogP contribution < -0.4 is 9.47 Å². The molecular formula is C27H26N2O4. The Morgan fingerprint density at radius 2 is 1.42 bits per heavy atom. The second kappa shape index (κ2) is 8.71. The third-order valence-electron chi connectivity index (χ3n) is 6.58. The topological polar surface area (TPSA) is 59.1 Å². The van der Waals surface area contributed by atoms with Crippen LogP contribution in [0.4, 0.5) is 0 Å². The van der Waals surface area contributed by atoms with Crippen molar-refractivity contribution >= 4 is 11.8 Å². The summed E-state index contributed by atoms with van der Waals surface area (Å²) < 4.78 is 11.1. The van der Waals surface area contributed by atoms with Crippen LogP contribution in [-0.2, 0) is 6.42 Å². The first-order valence-corrected chi connectivity index (χ1v) is 11.1. The number of methoxy groups -OCH3 is 2. The zero-order valence-electron chi connectivity index (χ0n) is 18.8. The van der Waals surface area contributed by atoms with Crippen molar-refractivity contribution < 1.29 is 19.1 Å². The lowest BCUT2D eigenvalue weighted by Crippen LogP contribution is -2.42. The Kier molecular flexibility index (Phi) is 5.60. The molecular weight excluding hydrogens is 416 g/mol. The summed E-state index contributed by atoms with van der Waals surface area (Å²) in [5.41, 5.74) is 4.52. The molecule has 0 radical (unpaired) electrons. The number of hydrogen-bond acceptors (Lipinski definition) is 5. The number of amides is 2. The van der Waals surface area contributed by atoms with Crippen LogP contribution in [0, 0.1) is 0 Å². The first-order valence-electron chi connectivity index (χ1n) is 11.1. The molecule has 0 aliphatic carbocycles. The van der Waals surface area contributed by atoms with Gasteiger partial charge in [0, 0.05) is 19.6 Å². The van der Waals surface area contributed by atoms with Gasteiger partial charge in [-0.2, -0.15) is 0 Å². The fourth-order valence-corrected chi connectivity index (χ4v) is 4.93. The molecule has 1 atom stereocenters. The Balaban J connectivity index is 1.46. The van der Waals surface area contributed by atoms with E-state index in [4.69, 9.17) is 9.47 Å². The summed E-state index contributed by atoms with van der Waals surface area (Å²) in [6, 6.07) is 21.4. The van der Waals surface area contributed by atoms with Crippen LogP contribution in [-0.4, -0.2) is 55.5 Å². The Bertz CT molecular complexity index is 1170. The first-order chi connectivity index (χ1) is 16.1. The van der Waals surface area contributed by atoms with Gasteiger partial charge in [0.15, 0.2) is 11.5 Å². The Hall–Kier alpha value is -3.64. The number of carbonyl (C=O) groups is 2. The number of benzene rings is 3. The lowest BCUT2D eigenvalue weighted by atomic mass is 9.87. The number of imide groups is 1. The highest BCUT2D eigenvalue weighted by molar-refractivity contribution is 6.21. The molecule has 0 saturated heterocycles. The lowest BCUT2D eigenvalue weighted by Gasteiger charge is -2.38. The predicted molar refractivity (Wildman–Crippen MR) is 125 cm³/mol. The van der Waals surface area contributed by atoms with Gasteiger partial charge in [-0.25, -0.2) is 0 Å². The summed E-state index contributed by atoms with van der Waals surface area (Å²) in [6.07, 6.45) is 0.848. The smallest absolute Gasteiger partial charge is 0.261 e. The van der Waals surface area contributed by atoms with E-state index in [1.165, 1.54) is 10.5 Å². The summed E-state index contributed by atoms with van der Waals surface area (Å²) in [5.74, 6) is 0.994. The molecule has 6 nitrogen and oxygen atoms in total. The molecule has 33 heavy (non-hydrogen) atoms. The van der Waals surface area contributed by atoms with Gasteiger partial charge < -0.3 is 9.47 Å². The van der Waals surface area contributed by atoms with Crippen LogP contribution in [0.3, 0.4) is 0 Å². The highest BCUT2D eigenvalue weighted by Crippen LogP contribution is 2.41. The van der Waals surface area contributed by atoms with Gasteiger partial charge in [-0.05, 0) is 47.4 Å². The minimum atomic E-state index is -0.212. The number of carbonyl (C=O) groups excluding carboxylic acids is 2. The normalized spacial score (nSPS) is 17.6. The van der Waals surface area contributed by atoms with Crippen LogP contribution in [0.15, 0.2) is 66.7 Å². The molecule has 0 aromatic heterocycles. The van der Waals surface area contributed by atoms with E-state index in [0.29, 0.717) is 30.0 Å². The van der Waals surface area contributed by atoms with E-state index in [2.05, 4.69) is 29.2 Å². The maximum absolute atomic E-state index is 12.8. The fourth-order valence-electron chi connectivity index (χ4n) is 4.93. The van der Waals surface area contributed by atoms with Crippen LogP contribution in [0.5, 0.6) is 11.5 Å². The number of nitrogens with zero attached hydrogens (tertiary/aromatic N) is 2. The molecule has 0 spiro atoms. The van der Waals surface area contributed by atoms with Crippen LogP contribution in [0.25, 0.3) is 0 Å². The van der Waals surface area contributed by atoms with Gasteiger partial charge in [0.1, 0.15) is 0 Å². The van der Waals surface area contributed by atoms with Crippen molar-refractivity contribution in [1.82, 2.24) is 9.80 Å². The van der Waals surface area contributed by atoms with Gasteiger partial charge in [0.05, 0.1) is 31.4 Å². The van der Waals surface area contributed by atoms with Crippen molar-refractivity contribution in [1.29, 1.82) is 0 Å². The average molecular weight is 443 g/mol. The van der Waals surface area contributed by atoms with Crippen molar-refractivity contribution in [3.63, 3.8) is 0 Å². The maximum atomic E-state index is 12.8. The molecule has 2 aliphatic heterocycles. The number of rotatable bonds is 6. The third kappa shape index (κ3) is 3.66. The van der Waals surface area contributed by atoms with Crippen molar-refractivity contribution in [2.45, 2.75) is 12.5 Å². The number of ether oxygens (including phenoxy) is 2. The van der Waals surface area contributed by atoms with Crippen molar-refractivity contribution in [2.24, 2.45) is 0 Å². The van der Waals surface area contributed by atoms with Crippen molar-refractivity contribution in [3.05, 3.63) is 94.5 Å². The summed E-state index contributed by atoms with van der Waals surface area (Å²) in [6.45, 7) is 1.74. The molecule has 0 unspecified atom stereocenters. The van der Waals surface area contributed by atoms with Gasteiger partial charge in [0.2, 0.25) is 0 Å². The molecule has 0 bridgehead atoms. The minimum absolute atomic E-state index is 0.00932. The van der Waals surface area contributed by atoms with E-state index in [0.717, 1.165) is 29.8 Å². The SMILES string of the molecule is COc1cc2c(cc1OC)[C@H](c1ccccc1)N(CCN1C(=O)c3ccccc3C1=O)CC2. The monoisotopic (exact) mass is 442 g/mol. The molecule has 6 heteroatoms. The lowest BCUT2D eigenvalue weighted by molar-refractivity contribution is 0.0626. The van der Waals surface area contributed by atoms with Crippen LogP contribution in [0.2, 0.25) is 0 Å². The summed E-state index contributed by atoms with van der Waals surface area (Å²) in [7, 11) is 3.29. The standard InChI is InChI=1S/C27H26N2O4/c1-32-23-16-19-12-13-28(14-15-29-26(30)20-10-6-7-11-21(20)27(29)31)25(18-8-4-3-5-9-18)22(19)17-24(23)33-2/h3-11,16-17,25H,12-15H2,1-2H3/t25-/m0/s1. The Labute approximate surface area is 193 Å². The highest BCUT2D eigenvalue weighted by atomic mass is 16.5. The molecule has 168 valence electrons. The maximum Gasteiger partial charge on any atom is 0.261 e. The molecule has 2 heterocycles. The zero-order chi connectivity index (χ0) is 22.9. The molecule has 5 rings (SSSR count). The molecule has 3 aromatic carbocycles. The highest BCUT2D eigenvalue weighted by Gasteiger charge is 2.36. The fraction of sp³-hybridized carbons (Fsp3) is 0.259. The largest absolute Gasteiger partial charge is 0.493 e. The molecule has 2 aliphatic rings. The average Bonchev–Trinajstić information content (AvgIpc) is 3.11. The zero-order valence-corrected chi connectivity index (χ0v) is 18.8. The van der Waals surface area contributed by atoms with Crippen LogP contribution in [0.1, 0.15) is 43.4 Å². The second-order valence-corrected chi connectivity index (χ2v) is 8.31. The molecule has 0 fully saturated rings. The van der Waals surface area contributed by atoms with Crippen molar-refractivity contribution in [2.75, 3.05) is 33.9 Å². The van der Waals surface area contributed by atoms with E-state index in [1.807, 2.05) is 18.2 Å². The van der Waals surface area contributed by atoms with E-state index in [9.17, 15) is 9.59 Å². The second-order valence-electron chi connectivity index (χ2n) is 8.31. The Morgan fingerprint density at radius 1 is 0.818 bits per heavy atom. The van der Waals surface area contributed by atoms with Gasteiger partial charge in [-0.3, -0.25) is 19.4 Å². The van der Waals surface area contributed by atoms with E-state index in [1.54, 1.807) is 38.5 Å². The Morgan fingerprint density at radius 3 is 2.06 bits per heavy atom. The van der Waals surface area contributed by atoms with Gasteiger partial charge in [0.25, 0.3) is 11.8 Å². The minimum Gasteiger partial charge on any atom is -0.493 e. The van der Waals surface area contributed by atoms with E-state index in [-0.39, 0.29) is 17.9 Å². The van der Waals surface area contributed by atoms with Gasteiger partial charge in [-0.15, -0.1) is 0 Å². The third-order valence-corrected chi connectivity index (χ3v) is 6.58. The molecule has 0 saturated carbocycles. The molecule has 3 aromatic rings. The summed E-state index contributed by atoms with van der Waals surface area (Å²) in [4.78, 5) is 29.4. The first kappa shape index (κ1) is 21.2. The predicted octanol–water partition coefficient (Wildman–Crippen LogP) is 3.95. The van der Waals surface area contributed by atoms with Crippen LogP contribution >= 0.6 is 0 Å². The number of hydrogen-bond donors (Lipinski definition) is 0. The number of fused-ring (bicyclic) bond motifs is 2. The van der Waals surface area contributed by atoms with E-state index < -0.39 is 0 Å². The molecule has 2 amide bonds.